The molecule has 3 amide bonds. The van der Waals surface area contributed by atoms with Crippen molar-refractivity contribution in [3.05, 3.63) is 12.7 Å². The van der Waals surface area contributed by atoms with Crippen molar-refractivity contribution in [2.24, 2.45) is 0 Å². The number of nitrogens with zero attached hydrogens (tertiary/aromatic N) is 1. The molecule has 0 aliphatic rings. The van der Waals surface area contributed by atoms with Gasteiger partial charge in [-0.25, -0.2) is 4.79 Å². The first-order valence-corrected chi connectivity index (χ1v) is 22.3. The van der Waals surface area contributed by atoms with E-state index in [0.717, 1.165) is 17.9 Å². The van der Waals surface area contributed by atoms with Crippen LogP contribution in [0, 0.1) is 0 Å². The standard InChI is InChI=1S/C22H47N3O7SSi3/c1-9-21(27)23-13-18-33-17-11-14-25(20(2)26)15-16-30-22(28)24-12-10-19-36(29,31-34(3,4)5)32-35(6,7)8/h9,29H,1,10-19H2,2-8H3,(H,23,27)(H,24,28). The molecule has 0 saturated carbocycles. The average Bonchev–Trinajstić information content (AvgIpc) is 2.71. The number of alkyl carbamates (subject to hydrolysis) is 1. The quantitative estimate of drug-likeness (QED) is 0.121. The summed E-state index contributed by atoms with van der Waals surface area (Å²) in [6.07, 6.45) is 2.00. The molecule has 0 rings (SSSR count). The summed E-state index contributed by atoms with van der Waals surface area (Å²) < 4.78 is 17.3. The summed E-state index contributed by atoms with van der Waals surface area (Å²) in [5.41, 5.74) is 0. The molecule has 0 aliphatic carbocycles. The number of hydrogen-bond donors (Lipinski definition) is 3. The summed E-state index contributed by atoms with van der Waals surface area (Å²) in [5, 5.41) is 5.40. The Bertz CT molecular complexity index is 687. The third-order valence-electron chi connectivity index (χ3n) is 4.36. The minimum absolute atomic E-state index is 0.0729. The molecule has 210 valence electrons. The molecule has 0 aromatic rings. The second-order valence-corrected chi connectivity index (χ2v) is 23.5. The molecule has 0 atom stereocenters. The molecule has 0 unspecified atom stereocenters. The molecule has 0 fully saturated rings. The van der Waals surface area contributed by atoms with Crippen LogP contribution in [0.3, 0.4) is 0 Å². The highest BCUT2D eigenvalue weighted by Gasteiger charge is 2.43. The summed E-state index contributed by atoms with van der Waals surface area (Å²) in [6.45, 7) is 18.9. The number of ether oxygens (including phenoxy) is 1. The first-order chi connectivity index (χ1) is 16.6. The predicted octanol–water partition coefficient (Wildman–Crippen LogP) is 3.01. The topological polar surface area (TPSA) is 126 Å². The Kier molecular flexibility index (Phi) is 16.8. The van der Waals surface area contributed by atoms with Gasteiger partial charge in [0.15, 0.2) is 16.6 Å². The highest BCUT2D eigenvalue weighted by atomic mass is 32.2. The third-order valence-corrected chi connectivity index (χ3v) is 13.9. The minimum atomic E-state index is -3.31. The van der Waals surface area contributed by atoms with Crippen molar-refractivity contribution >= 4 is 55.1 Å². The van der Waals surface area contributed by atoms with E-state index >= 15 is 0 Å². The fourth-order valence-electron chi connectivity index (χ4n) is 3.09. The second kappa shape index (κ2) is 17.4. The van der Waals surface area contributed by atoms with Crippen molar-refractivity contribution in [3.63, 3.8) is 0 Å². The Morgan fingerprint density at radius 2 is 1.56 bits per heavy atom. The number of thioether (sulfide) groups is 1. The largest absolute Gasteiger partial charge is 0.477 e. The SMILES string of the molecule is C=CC(=O)NCCSCCCN(CCOC(=O)NCCC[Si](O)(O[Si](C)(C)C)O[Si](C)(C)C)C(C)=O. The summed E-state index contributed by atoms with van der Waals surface area (Å²) in [4.78, 5) is 47.7. The molecule has 0 aromatic carbocycles. The van der Waals surface area contributed by atoms with Gasteiger partial charge in [0.05, 0.1) is 6.54 Å². The molecule has 0 bridgehead atoms. The Morgan fingerprint density at radius 3 is 2.08 bits per heavy atom. The summed E-state index contributed by atoms with van der Waals surface area (Å²) >= 11 is 1.70. The Morgan fingerprint density at radius 1 is 0.944 bits per heavy atom. The molecule has 3 N–H and O–H groups in total. The van der Waals surface area contributed by atoms with E-state index in [9.17, 15) is 19.2 Å². The highest BCUT2D eigenvalue weighted by molar-refractivity contribution is 7.99. The number of rotatable bonds is 19. The Hall–Kier alpha value is -1.17. The van der Waals surface area contributed by atoms with Crippen molar-refractivity contribution in [2.45, 2.75) is 65.1 Å². The average molecular weight is 582 g/mol. The van der Waals surface area contributed by atoms with Crippen LogP contribution in [0.1, 0.15) is 19.8 Å². The van der Waals surface area contributed by atoms with Crippen LogP contribution in [0.5, 0.6) is 0 Å². The van der Waals surface area contributed by atoms with Crippen LogP contribution in [0.4, 0.5) is 4.79 Å². The Balaban J connectivity index is 4.22. The van der Waals surface area contributed by atoms with E-state index in [4.69, 9.17) is 13.0 Å². The lowest BCUT2D eigenvalue weighted by atomic mass is 10.4. The first kappa shape index (κ1) is 34.8. The van der Waals surface area contributed by atoms with E-state index in [1.807, 2.05) is 39.3 Å². The summed E-state index contributed by atoms with van der Waals surface area (Å²) in [6, 6.07) is 0.374. The van der Waals surface area contributed by atoms with Crippen LogP contribution in [0.25, 0.3) is 0 Å². The van der Waals surface area contributed by atoms with Crippen molar-refractivity contribution in [1.82, 2.24) is 15.5 Å². The van der Waals surface area contributed by atoms with Crippen LogP contribution >= 0.6 is 11.8 Å². The smallest absolute Gasteiger partial charge is 0.448 e. The summed E-state index contributed by atoms with van der Waals surface area (Å²) in [7, 11) is -7.30. The molecule has 0 saturated heterocycles. The number of amides is 3. The molecular weight excluding hydrogens is 535 g/mol. The maximum absolute atomic E-state index is 12.0. The Labute approximate surface area is 224 Å². The summed E-state index contributed by atoms with van der Waals surface area (Å²) in [5.74, 6) is 1.39. The molecule has 14 heteroatoms. The molecule has 0 heterocycles. The van der Waals surface area contributed by atoms with Crippen molar-refractivity contribution in [3.8, 4) is 0 Å². The molecular formula is C22H47N3O7SSi3. The van der Waals surface area contributed by atoms with Gasteiger partial charge in [0.25, 0.3) is 0 Å². The zero-order valence-electron chi connectivity index (χ0n) is 23.1. The van der Waals surface area contributed by atoms with Crippen LogP contribution in [-0.2, 0) is 22.6 Å². The number of carbonyl (C=O) groups excluding carboxylic acids is 3. The van der Waals surface area contributed by atoms with Gasteiger partial charge in [-0.1, -0.05) is 6.58 Å². The fourth-order valence-corrected chi connectivity index (χ4v) is 13.5. The van der Waals surface area contributed by atoms with Crippen LogP contribution < -0.4 is 10.6 Å². The lowest BCUT2D eigenvalue weighted by molar-refractivity contribution is -0.129. The van der Waals surface area contributed by atoms with E-state index in [2.05, 4.69) is 17.2 Å². The number of hydrogen-bond acceptors (Lipinski definition) is 8. The molecule has 0 aromatic heterocycles. The van der Waals surface area contributed by atoms with Gasteiger partial charge >= 0.3 is 14.9 Å². The van der Waals surface area contributed by atoms with Gasteiger partial charge in [-0.3, -0.25) is 9.59 Å². The van der Waals surface area contributed by atoms with E-state index in [-0.39, 0.29) is 18.4 Å². The molecule has 36 heavy (non-hydrogen) atoms. The van der Waals surface area contributed by atoms with Gasteiger partial charge in [0, 0.05) is 38.4 Å². The van der Waals surface area contributed by atoms with Crippen molar-refractivity contribution in [2.75, 3.05) is 44.3 Å². The number of nitrogens with one attached hydrogen (secondary N) is 2. The van der Waals surface area contributed by atoms with E-state index in [1.54, 1.807) is 16.7 Å². The van der Waals surface area contributed by atoms with Crippen LogP contribution in [0.2, 0.25) is 45.3 Å². The maximum atomic E-state index is 12.0. The first-order valence-electron chi connectivity index (χ1n) is 12.3. The lowest BCUT2D eigenvalue weighted by Crippen LogP contribution is -2.55. The van der Waals surface area contributed by atoms with Crippen molar-refractivity contribution in [1.29, 1.82) is 0 Å². The van der Waals surface area contributed by atoms with E-state index in [1.165, 1.54) is 13.0 Å². The molecule has 0 spiro atoms. The predicted molar refractivity (Wildman–Crippen MR) is 153 cm³/mol. The van der Waals surface area contributed by atoms with Gasteiger partial charge in [0.1, 0.15) is 6.61 Å². The highest BCUT2D eigenvalue weighted by Crippen LogP contribution is 2.23. The van der Waals surface area contributed by atoms with Crippen LogP contribution in [0.15, 0.2) is 12.7 Å². The van der Waals surface area contributed by atoms with Gasteiger partial charge < -0.3 is 33.3 Å². The molecule has 0 radical (unpaired) electrons. The number of carbonyl (C=O) groups is 3. The normalized spacial score (nSPS) is 12.1. The fraction of sp³-hybridized carbons (Fsp3) is 0.773. The lowest BCUT2D eigenvalue weighted by Gasteiger charge is -2.36. The van der Waals surface area contributed by atoms with E-state index in [0.29, 0.717) is 38.6 Å². The monoisotopic (exact) mass is 581 g/mol. The molecule has 0 aliphatic heterocycles. The minimum Gasteiger partial charge on any atom is -0.448 e. The van der Waals surface area contributed by atoms with Gasteiger partial charge in [-0.05, 0) is 64.0 Å². The third kappa shape index (κ3) is 20.0. The zero-order chi connectivity index (χ0) is 27.8. The van der Waals surface area contributed by atoms with Crippen molar-refractivity contribution < 1.29 is 32.1 Å². The van der Waals surface area contributed by atoms with Gasteiger partial charge in [-0.2, -0.15) is 11.8 Å². The maximum Gasteiger partial charge on any atom is 0.477 e. The van der Waals surface area contributed by atoms with Gasteiger partial charge in [0.2, 0.25) is 11.8 Å². The second-order valence-electron chi connectivity index (χ2n) is 10.3. The van der Waals surface area contributed by atoms with Gasteiger partial charge in [-0.15, -0.1) is 0 Å². The van der Waals surface area contributed by atoms with E-state index < -0.39 is 31.5 Å². The zero-order valence-corrected chi connectivity index (χ0v) is 26.9. The molecule has 10 nitrogen and oxygen atoms in total. The van der Waals surface area contributed by atoms with Crippen LogP contribution in [-0.4, -0.2) is 97.3 Å².